The fraction of sp³-hybridized carbons (Fsp3) is 0.250. The van der Waals surface area contributed by atoms with Crippen molar-refractivity contribution in [3.63, 3.8) is 0 Å². The van der Waals surface area contributed by atoms with Gasteiger partial charge in [0.25, 0.3) is 11.6 Å². The van der Waals surface area contributed by atoms with Gasteiger partial charge in [0, 0.05) is 23.9 Å². The molecule has 9 nitrogen and oxygen atoms in total. The molecule has 1 atom stereocenters. The van der Waals surface area contributed by atoms with E-state index in [4.69, 9.17) is 4.74 Å². The van der Waals surface area contributed by atoms with E-state index in [2.05, 4.69) is 4.74 Å². The number of carbonyl (C=O) groups excluding carboxylic acids is 3. The van der Waals surface area contributed by atoms with E-state index in [0.29, 0.717) is 6.42 Å². The van der Waals surface area contributed by atoms with Gasteiger partial charge in [-0.15, -0.1) is 0 Å². The van der Waals surface area contributed by atoms with Crippen LogP contribution in [0.5, 0.6) is 0 Å². The van der Waals surface area contributed by atoms with Crippen LogP contribution in [-0.2, 0) is 20.7 Å². The molecule has 0 fully saturated rings. The van der Waals surface area contributed by atoms with E-state index in [1.807, 2.05) is 31.2 Å². The lowest BCUT2D eigenvalue weighted by Gasteiger charge is -2.22. The van der Waals surface area contributed by atoms with Crippen LogP contribution >= 0.6 is 0 Å². The first-order valence-corrected chi connectivity index (χ1v) is 8.76. The molecule has 0 aromatic heterocycles. The van der Waals surface area contributed by atoms with Crippen molar-refractivity contribution in [2.24, 2.45) is 0 Å². The predicted molar refractivity (Wildman–Crippen MR) is 102 cm³/mol. The molecule has 3 rings (SSSR count). The predicted octanol–water partition coefficient (Wildman–Crippen LogP) is 2.52. The normalized spacial score (nSPS) is 14.8. The van der Waals surface area contributed by atoms with Crippen LogP contribution in [0.4, 0.5) is 11.4 Å². The van der Waals surface area contributed by atoms with Gasteiger partial charge in [-0.3, -0.25) is 14.9 Å². The minimum absolute atomic E-state index is 0.0812. The summed E-state index contributed by atoms with van der Waals surface area (Å²) in [4.78, 5) is 48.6. The zero-order chi connectivity index (χ0) is 21.1. The molecule has 1 heterocycles. The number of benzene rings is 2. The van der Waals surface area contributed by atoms with E-state index in [-0.39, 0.29) is 17.2 Å². The quantitative estimate of drug-likeness (QED) is 0.432. The van der Waals surface area contributed by atoms with Crippen molar-refractivity contribution in [1.82, 2.24) is 0 Å². The zero-order valence-electron chi connectivity index (χ0n) is 15.8. The summed E-state index contributed by atoms with van der Waals surface area (Å²) in [5, 5.41) is 11.1. The Morgan fingerprint density at radius 3 is 2.45 bits per heavy atom. The molecule has 0 aliphatic carbocycles. The number of esters is 2. The van der Waals surface area contributed by atoms with E-state index in [9.17, 15) is 24.5 Å². The standard InChI is InChI=1S/C20H18N2O7/c1-12-7-13-5-3-4-6-17(13)21(12)18(23)11-29-20(25)15-8-14(19(24)28-2)9-16(10-15)22(26)27/h3-6,8-10,12H,7,11H2,1-2H3. The molecule has 1 unspecified atom stereocenters. The Hall–Kier alpha value is -3.75. The largest absolute Gasteiger partial charge is 0.465 e. The Morgan fingerprint density at radius 2 is 1.79 bits per heavy atom. The monoisotopic (exact) mass is 398 g/mol. The highest BCUT2D eigenvalue weighted by Crippen LogP contribution is 2.31. The lowest BCUT2D eigenvalue weighted by molar-refractivity contribution is -0.384. The summed E-state index contributed by atoms with van der Waals surface area (Å²) >= 11 is 0. The van der Waals surface area contributed by atoms with E-state index in [1.54, 1.807) is 4.90 Å². The molecule has 1 aliphatic heterocycles. The van der Waals surface area contributed by atoms with Crippen LogP contribution < -0.4 is 4.90 Å². The van der Waals surface area contributed by atoms with Gasteiger partial charge in [-0.25, -0.2) is 9.59 Å². The summed E-state index contributed by atoms with van der Waals surface area (Å²) in [6.45, 7) is 1.36. The minimum atomic E-state index is -0.952. The first kappa shape index (κ1) is 20.0. The smallest absolute Gasteiger partial charge is 0.338 e. The molecule has 0 saturated carbocycles. The first-order valence-electron chi connectivity index (χ1n) is 8.76. The van der Waals surface area contributed by atoms with Crippen LogP contribution in [0.2, 0.25) is 0 Å². The number of ether oxygens (including phenoxy) is 2. The Bertz CT molecular complexity index is 1000. The molecular weight excluding hydrogens is 380 g/mol. The van der Waals surface area contributed by atoms with Gasteiger partial charge < -0.3 is 14.4 Å². The highest BCUT2D eigenvalue weighted by molar-refractivity contribution is 6.00. The van der Waals surface area contributed by atoms with Crippen molar-refractivity contribution < 1.29 is 28.8 Å². The van der Waals surface area contributed by atoms with Crippen LogP contribution in [0, 0.1) is 10.1 Å². The van der Waals surface area contributed by atoms with Crippen LogP contribution in [0.25, 0.3) is 0 Å². The average molecular weight is 398 g/mol. The molecule has 0 spiro atoms. The Kier molecular flexibility index (Phi) is 5.58. The maximum atomic E-state index is 12.6. The van der Waals surface area contributed by atoms with Gasteiger partial charge in [-0.05, 0) is 31.0 Å². The van der Waals surface area contributed by atoms with Crippen molar-refractivity contribution in [1.29, 1.82) is 0 Å². The number of fused-ring (bicyclic) bond motifs is 1. The average Bonchev–Trinajstić information content (AvgIpc) is 3.06. The fourth-order valence-corrected chi connectivity index (χ4v) is 3.30. The highest BCUT2D eigenvalue weighted by atomic mass is 16.6. The van der Waals surface area contributed by atoms with Crippen LogP contribution in [0.3, 0.4) is 0 Å². The third-order valence-electron chi connectivity index (χ3n) is 4.59. The molecule has 150 valence electrons. The summed E-state index contributed by atoms with van der Waals surface area (Å²) in [6, 6.07) is 10.5. The van der Waals surface area contributed by atoms with Gasteiger partial charge in [0.1, 0.15) is 0 Å². The van der Waals surface area contributed by atoms with Crippen molar-refractivity contribution in [2.75, 3.05) is 18.6 Å². The van der Waals surface area contributed by atoms with Crippen molar-refractivity contribution >= 4 is 29.2 Å². The van der Waals surface area contributed by atoms with E-state index in [0.717, 1.165) is 36.6 Å². The molecule has 9 heteroatoms. The number of methoxy groups -OCH3 is 1. The lowest BCUT2D eigenvalue weighted by Crippen LogP contribution is -2.38. The van der Waals surface area contributed by atoms with E-state index in [1.165, 1.54) is 0 Å². The van der Waals surface area contributed by atoms with Crippen LogP contribution in [-0.4, -0.2) is 42.5 Å². The van der Waals surface area contributed by atoms with Gasteiger partial charge in [0.15, 0.2) is 6.61 Å². The Balaban J connectivity index is 1.75. The van der Waals surface area contributed by atoms with Crippen LogP contribution in [0.15, 0.2) is 42.5 Å². The molecule has 0 bridgehead atoms. The van der Waals surface area contributed by atoms with Gasteiger partial charge in [0.05, 0.1) is 23.2 Å². The minimum Gasteiger partial charge on any atom is -0.465 e. The molecule has 1 aliphatic rings. The maximum Gasteiger partial charge on any atom is 0.338 e. The Morgan fingerprint density at radius 1 is 1.14 bits per heavy atom. The summed E-state index contributed by atoms with van der Waals surface area (Å²) in [7, 11) is 1.12. The molecular formula is C20H18N2O7. The number of rotatable bonds is 5. The molecule has 0 N–H and O–H groups in total. The van der Waals surface area contributed by atoms with Crippen molar-refractivity contribution in [2.45, 2.75) is 19.4 Å². The number of hydrogen-bond acceptors (Lipinski definition) is 7. The fourth-order valence-electron chi connectivity index (χ4n) is 3.30. The number of carbonyl (C=O) groups is 3. The second kappa shape index (κ2) is 8.09. The lowest BCUT2D eigenvalue weighted by atomic mass is 10.1. The van der Waals surface area contributed by atoms with E-state index >= 15 is 0 Å². The molecule has 1 amide bonds. The van der Waals surface area contributed by atoms with Crippen molar-refractivity contribution in [3.05, 3.63) is 69.3 Å². The molecule has 2 aromatic carbocycles. The number of nitrogens with zero attached hydrogens (tertiary/aromatic N) is 2. The zero-order valence-corrected chi connectivity index (χ0v) is 15.8. The number of anilines is 1. The van der Waals surface area contributed by atoms with Gasteiger partial charge in [-0.2, -0.15) is 0 Å². The van der Waals surface area contributed by atoms with E-state index < -0.39 is 35.1 Å². The van der Waals surface area contributed by atoms with Gasteiger partial charge in [0.2, 0.25) is 0 Å². The topological polar surface area (TPSA) is 116 Å². The number of nitro benzene ring substituents is 1. The third kappa shape index (κ3) is 4.08. The number of para-hydroxylation sites is 1. The molecule has 0 saturated heterocycles. The summed E-state index contributed by atoms with van der Waals surface area (Å²) < 4.78 is 9.61. The Labute approximate surface area is 166 Å². The second-order valence-electron chi connectivity index (χ2n) is 6.54. The molecule has 0 radical (unpaired) electrons. The number of hydrogen-bond donors (Lipinski definition) is 0. The highest BCUT2D eigenvalue weighted by Gasteiger charge is 2.31. The maximum absolute atomic E-state index is 12.6. The SMILES string of the molecule is COC(=O)c1cc(C(=O)OCC(=O)N2c3ccccc3CC2C)cc([N+](=O)[O-])c1. The first-order chi connectivity index (χ1) is 13.8. The second-order valence-corrected chi connectivity index (χ2v) is 6.54. The molecule has 29 heavy (non-hydrogen) atoms. The van der Waals surface area contributed by atoms with Gasteiger partial charge >= 0.3 is 11.9 Å². The third-order valence-corrected chi connectivity index (χ3v) is 4.59. The summed E-state index contributed by atoms with van der Waals surface area (Å²) in [5.74, 6) is -2.19. The van der Waals surface area contributed by atoms with Crippen molar-refractivity contribution in [3.8, 4) is 0 Å². The molecule has 2 aromatic rings. The summed E-state index contributed by atoms with van der Waals surface area (Å²) in [5.41, 5.74) is 0.947. The number of amides is 1. The van der Waals surface area contributed by atoms with Crippen LogP contribution in [0.1, 0.15) is 33.2 Å². The van der Waals surface area contributed by atoms with Gasteiger partial charge in [-0.1, -0.05) is 18.2 Å². The number of nitro groups is 1. The summed E-state index contributed by atoms with van der Waals surface area (Å²) in [6.07, 6.45) is 0.698. The number of non-ortho nitro benzene ring substituents is 1.